The second-order valence-electron chi connectivity index (χ2n) is 8.65. The Balaban J connectivity index is 1.21. The maximum Gasteiger partial charge on any atom is 0.286 e. The number of hydrogen-bond acceptors (Lipinski definition) is 6. The minimum absolute atomic E-state index is 0.171. The van der Waals surface area contributed by atoms with Crippen molar-refractivity contribution in [2.75, 3.05) is 25.0 Å². The molecule has 1 aliphatic heterocycles. The molecule has 8 heteroatoms. The van der Waals surface area contributed by atoms with Gasteiger partial charge in [0.2, 0.25) is 10.0 Å². The summed E-state index contributed by atoms with van der Waals surface area (Å²) in [5.74, 6) is -0.194. The van der Waals surface area contributed by atoms with Crippen LogP contribution in [-0.4, -0.2) is 46.5 Å². The van der Waals surface area contributed by atoms with Crippen molar-refractivity contribution in [3.63, 3.8) is 0 Å². The first-order valence-corrected chi connectivity index (χ1v) is 12.1. The number of carbonyl (C=O) groups is 2. The molecule has 2 aromatic carbocycles. The Labute approximate surface area is 198 Å². The number of amides is 2. The van der Waals surface area contributed by atoms with Gasteiger partial charge in [0.1, 0.15) is 0 Å². The van der Waals surface area contributed by atoms with Crippen molar-refractivity contribution in [2.24, 2.45) is 5.92 Å². The van der Waals surface area contributed by atoms with Crippen LogP contribution in [0.1, 0.15) is 49.1 Å². The number of anilines is 1. The Hall–Kier alpha value is -3.10. The number of rotatable bonds is 7. The van der Waals surface area contributed by atoms with Crippen molar-refractivity contribution in [2.45, 2.75) is 33.2 Å². The van der Waals surface area contributed by atoms with Gasteiger partial charge in [0.05, 0.1) is 0 Å². The highest BCUT2D eigenvalue weighted by atomic mass is 32.1. The van der Waals surface area contributed by atoms with Gasteiger partial charge < -0.3 is 10.6 Å². The summed E-state index contributed by atoms with van der Waals surface area (Å²) in [5, 5.41) is 13.9. The number of carbonyl (C=O) groups excluding carboxylic acids is 2. The number of aryl methyl sites for hydroxylation is 2. The summed E-state index contributed by atoms with van der Waals surface area (Å²) >= 11 is 1.01. The van der Waals surface area contributed by atoms with Crippen LogP contribution >= 0.6 is 11.3 Å². The number of hydrogen-bond donors (Lipinski definition) is 2. The van der Waals surface area contributed by atoms with E-state index in [9.17, 15) is 9.59 Å². The van der Waals surface area contributed by atoms with Gasteiger partial charge in [0, 0.05) is 18.8 Å². The molecule has 0 unspecified atom stereocenters. The summed E-state index contributed by atoms with van der Waals surface area (Å²) in [4.78, 5) is 27.4. The largest absolute Gasteiger partial charge is 0.350 e. The van der Waals surface area contributed by atoms with Crippen LogP contribution in [0, 0.1) is 19.8 Å². The van der Waals surface area contributed by atoms with Crippen LogP contribution in [0.3, 0.4) is 0 Å². The monoisotopic (exact) mass is 463 g/mol. The van der Waals surface area contributed by atoms with Crippen LogP contribution in [0.4, 0.5) is 5.69 Å². The van der Waals surface area contributed by atoms with Gasteiger partial charge in [-0.15, -0.1) is 10.2 Å². The van der Waals surface area contributed by atoms with Crippen molar-refractivity contribution < 1.29 is 9.59 Å². The SMILES string of the molecule is Cc1ccc(CN2CCC(CNC(=O)c3nnc(C(=O)Nc4ccc(C)cc4)s3)CC2)cc1. The molecule has 7 nitrogen and oxygen atoms in total. The van der Waals surface area contributed by atoms with E-state index in [0.29, 0.717) is 18.2 Å². The molecule has 2 N–H and O–H groups in total. The van der Waals surface area contributed by atoms with E-state index >= 15 is 0 Å². The number of aromatic nitrogens is 2. The molecule has 0 atom stereocenters. The first-order valence-electron chi connectivity index (χ1n) is 11.2. The molecule has 0 aliphatic carbocycles. The predicted molar refractivity (Wildman–Crippen MR) is 131 cm³/mol. The molecule has 0 radical (unpaired) electrons. The van der Waals surface area contributed by atoms with Crippen LogP contribution in [-0.2, 0) is 6.54 Å². The molecule has 0 spiro atoms. The predicted octanol–water partition coefficient (Wildman–Crippen LogP) is 4.05. The zero-order chi connectivity index (χ0) is 23.2. The van der Waals surface area contributed by atoms with Crippen LogP contribution in [0.15, 0.2) is 48.5 Å². The van der Waals surface area contributed by atoms with Gasteiger partial charge in [-0.25, -0.2) is 0 Å². The zero-order valence-electron chi connectivity index (χ0n) is 19.0. The lowest BCUT2D eigenvalue weighted by Crippen LogP contribution is -2.38. The molecule has 3 aromatic rings. The maximum atomic E-state index is 12.5. The third-order valence-electron chi connectivity index (χ3n) is 5.91. The molecule has 0 bridgehead atoms. The minimum atomic E-state index is -0.364. The average Bonchev–Trinajstić information content (AvgIpc) is 3.32. The summed E-state index contributed by atoms with van der Waals surface area (Å²) in [6, 6.07) is 16.2. The molecule has 1 aliphatic rings. The van der Waals surface area contributed by atoms with Gasteiger partial charge >= 0.3 is 0 Å². The summed E-state index contributed by atoms with van der Waals surface area (Å²) in [7, 11) is 0. The van der Waals surface area contributed by atoms with Gasteiger partial charge in [-0.1, -0.05) is 58.9 Å². The third kappa shape index (κ3) is 6.46. The second-order valence-corrected chi connectivity index (χ2v) is 9.63. The van der Waals surface area contributed by atoms with Crippen LogP contribution in [0.25, 0.3) is 0 Å². The van der Waals surface area contributed by atoms with E-state index < -0.39 is 0 Å². The lowest BCUT2D eigenvalue weighted by atomic mass is 9.96. The van der Waals surface area contributed by atoms with E-state index in [0.717, 1.165) is 49.4 Å². The number of benzene rings is 2. The Morgan fingerprint density at radius 2 is 1.48 bits per heavy atom. The standard InChI is InChI=1S/C25H29N5O2S/c1-17-3-7-20(8-4-17)16-30-13-11-19(12-14-30)15-26-22(31)24-28-29-25(33-24)23(32)27-21-9-5-18(2)6-10-21/h3-10,19H,11-16H2,1-2H3,(H,26,31)(H,27,32). The van der Waals surface area contributed by atoms with Gasteiger partial charge in [0.15, 0.2) is 0 Å². The number of nitrogens with zero attached hydrogens (tertiary/aromatic N) is 3. The molecular formula is C25H29N5O2S. The molecule has 2 amide bonds. The summed E-state index contributed by atoms with van der Waals surface area (Å²) in [5.41, 5.74) is 4.41. The van der Waals surface area contributed by atoms with Crippen LogP contribution in [0.2, 0.25) is 0 Å². The minimum Gasteiger partial charge on any atom is -0.350 e. The van der Waals surface area contributed by atoms with Crippen LogP contribution < -0.4 is 10.6 Å². The van der Waals surface area contributed by atoms with Crippen molar-refractivity contribution in [3.8, 4) is 0 Å². The first kappa shape index (κ1) is 23.1. The fraction of sp³-hybridized carbons (Fsp3) is 0.360. The Kier molecular flexibility index (Phi) is 7.47. The third-order valence-corrected chi connectivity index (χ3v) is 6.83. The van der Waals surface area contributed by atoms with Gasteiger partial charge in [-0.3, -0.25) is 14.5 Å². The molecule has 172 valence electrons. The highest BCUT2D eigenvalue weighted by Crippen LogP contribution is 2.19. The van der Waals surface area contributed by atoms with E-state index in [4.69, 9.17) is 0 Å². The fourth-order valence-corrected chi connectivity index (χ4v) is 4.50. The molecule has 33 heavy (non-hydrogen) atoms. The maximum absolute atomic E-state index is 12.5. The van der Waals surface area contributed by atoms with Crippen molar-refractivity contribution in [1.29, 1.82) is 0 Å². The second kappa shape index (κ2) is 10.7. The Morgan fingerprint density at radius 1 is 0.909 bits per heavy atom. The van der Waals surface area contributed by atoms with E-state index in [1.165, 1.54) is 11.1 Å². The zero-order valence-corrected chi connectivity index (χ0v) is 19.8. The first-order chi connectivity index (χ1) is 16.0. The summed E-state index contributed by atoms with van der Waals surface area (Å²) in [6.07, 6.45) is 2.10. The normalized spacial score (nSPS) is 14.7. The highest BCUT2D eigenvalue weighted by molar-refractivity contribution is 7.15. The molecule has 1 fully saturated rings. The molecule has 0 saturated carbocycles. The Bertz CT molecular complexity index is 1090. The smallest absolute Gasteiger partial charge is 0.286 e. The summed E-state index contributed by atoms with van der Waals surface area (Å²) < 4.78 is 0. The van der Waals surface area contributed by atoms with Crippen molar-refractivity contribution >= 4 is 28.8 Å². The van der Waals surface area contributed by atoms with Crippen LogP contribution in [0.5, 0.6) is 0 Å². The topological polar surface area (TPSA) is 87.2 Å². The van der Waals surface area contributed by atoms with Gasteiger partial charge in [0.25, 0.3) is 11.8 Å². The molecule has 1 aromatic heterocycles. The van der Waals surface area contributed by atoms with Gasteiger partial charge in [-0.2, -0.15) is 0 Å². The van der Waals surface area contributed by atoms with E-state index in [2.05, 4.69) is 56.9 Å². The number of nitrogens with one attached hydrogen (secondary N) is 2. The lowest BCUT2D eigenvalue weighted by molar-refractivity contribution is 0.0933. The Morgan fingerprint density at radius 3 is 2.12 bits per heavy atom. The highest BCUT2D eigenvalue weighted by Gasteiger charge is 2.22. The number of piperidine rings is 1. The molecule has 1 saturated heterocycles. The van der Waals surface area contributed by atoms with E-state index in [-0.39, 0.29) is 21.8 Å². The molecular weight excluding hydrogens is 434 g/mol. The molecule has 4 rings (SSSR count). The average molecular weight is 464 g/mol. The van der Waals surface area contributed by atoms with Crippen molar-refractivity contribution in [1.82, 2.24) is 20.4 Å². The van der Waals surface area contributed by atoms with Gasteiger partial charge in [-0.05, 0) is 63.4 Å². The number of likely N-dealkylation sites (tertiary alicyclic amines) is 1. The molecule has 2 heterocycles. The fourth-order valence-electron chi connectivity index (χ4n) is 3.84. The summed E-state index contributed by atoms with van der Waals surface area (Å²) in [6.45, 7) is 7.72. The lowest BCUT2D eigenvalue weighted by Gasteiger charge is -2.32. The van der Waals surface area contributed by atoms with E-state index in [1.807, 2.05) is 31.2 Å². The van der Waals surface area contributed by atoms with Crippen molar-refractivity contribution in [3.05, 3.63) is 75.2 Å². The van der Waals surface area contributed by atoms with E-state index in [1.54, 1.807) is 0 Å². The quantitative estimate of drug-likeness (QED) is 0.552.